The van der Waals surface area contributed by atoms with E-state index in [1.807, 2.05) is 32.0 Å². The number of anilines is 1. The van der Waals surface area contributed by atoms with Gasteiger partial charge in [-0.1, -0.05) is 29.3 Å². The fraction of sp³-hybridized carbons (Fsp3) is 0.333. The SMILES string of the molecule is Cc1ccc(NC(=O)CCNC(=O)Cc2cc3c(cc2Cl)OCCO3)c(C)c1. The van der Waals surface area contributed by atoms with Gasteiger partial charge < -0.3 is 20.1 Å². The molecule has 0 bridgehead atoms. The molecule has 1 aliphatic heterocycles. The van der Waals surface area contributed by atoms with Crippen molar-refractivity contribution in [2.24, 2.45) is 0 Å². The topological polar surface area (TPSA) is 76.7 Å². The first-order valence-corrected chi connectivity index (χ1v) is 9.52. The second-order valence-corrected chi connectivity index (χ2v) is 7.14. The van der Waals surface area contributed by atoms with Crippen LogP contribution in [0.1, 0.15) is 23.1 Å². The maximum atomic E-state index is 12.2. The van der Waals surface area contributed by atoms with E-state index in [-0.39, 0.29) is 31.2 Å². The highest BCUT2D eigenvalue weighted by Crippen LogP contribution is 2.35. The summed E-state index contributed by atoms with van der Waals surface area (Å²) < 4.78 is 11.0. The number of amides is 2. The first kappa shape index (κ1) is 20.0. The summed E-state index contributed by atoms with van der Waals surface area (Å²) >= 11 is 6.23. The highest BCUT2D eigenvalue weighted by atomic mass is 35.5. The summed E-state index contributed by atoms with van der Waals surface area (Å²) in [4.78, 5) is 24.3. The molecule has 6 nitrogen and oxygen atoms in total. The third-order valence-corrected chi connectivity index (χ3v) is 4.74. The van der Waals surface area contributed by atoms with Gasteiger partial charge >= 0.3 is 0 Å². The molecular weight excluding hydrogens is 380 g/mol. The van der Waals surface area contributed by atoms with Gasteiger partial charge in [-0.15, -0.1) is 0 Å². The van der Waals surface area contributed by atoms with Crippen molar-refractivity contribution >= 4 is 29.1 Å². The van der Waals surface area contributed by atoms with Crippen molar-refractivity contribution in [3.05, 3.63) is 52.0 Å². The molecule has 0 saturated carbocycles. The summed E-state index contributed by atoms with van der Waals surface area (Å²) in [6, 6.07) is 9.22. The molecule has 2 N–H and O–H groups in total. The van der Waals surface area contributed by atoms with Crippen LogP contribution in [0.3, 0.4) is 0 Å². The van der Waals surface area contributed by atoms with Crippen LogP contribution in [0.5, 0.6) is 11.5 Å². The number of fused-ring (bicyclic) bond motifs is 1. The Morgan fingerprint density at radius 2 is 1.75 bits per heavy atom. The number of benzene rings is 2. The van der Waals surface area contributed by atoms with Crippen molar-refractivity contribution in [3.8, 4) is 11.5 Å². The molecule has 1 aliphatic rings. The van der Waals surface area contributed by atoms with Crippen LogP contribution >= 0.6 is 11.6 Å². The number of carbonyl (C=O) groups is 2. The Labute approximate surface area is 169 Å². The summed E-state index contributed by atoms with van der Waals surface area (Å²) in [5.74, 6) is 0.817. The maximum Gasteiger partial charge on any atom is 0.226 e. The van der Waals surface area contributed by atoms with E-state index in [1.165, 1.54) is 0 Å². The molecule has 0 spiro atoms. The van der Waals surface area contributed by atoms with Crippen molar-refractivity contribution in [1.82, 2.24) is 5.32 Å². The van der Waals surface area contributed by atoms with Gasteiger partial charge in [0.05, 0.1) is 6.42 Å². The van der Waals surface area contributed by atoms with Crippen LogP contribution in [-0.4, -0.2) is 31.6 Å². The molecule has 7 heteroatoms. The predicted molar refractivity (Wildman–Crippen MR) is 108 cm³/mol. The van der Waals surface area contributed by atoms with E-state index in [4.69, 9.17) is 21.1 Å². The first-order chi connectivity index (χ1) is 13.4. The van der Waals surface area contributed by atoms with E-state index in [1.54, 1.807) is 12.1 Å². The Morgan fingerprint density at radius 1 is 1.04 bits per heavy atom. The van der Waals surface area contributed by atoms with Crippen molar-refractivity contribution < 1.29 is 19.1 Å². The van der Waals surface area contributed by atoms with Crippen LogP contribution in [0.4, 0.5) is 5.69 Å². The van der Waals surface area contributed by atoms with Crippen molar-refractivity contribution in [3.63, 3.8) is 0 Å². The Balaban J connectivity index is 1.47. The van der Waals surface area contributed by atoms with Crippen LogP contribution in [0.2, 0.25) is 5.02 Å². The van der Waals surface area contributed by atoms with E-state index >= 15 is 0 Å². The van der Waals surface area contributed by atoms with Gasteiger partial charge in [0.2, 0.25) is 11.8 Å². The number of hydrogen-bond acceptors (Lipinski definition) is 4. The fourth-order valence-electron chi connectivity index (χ4n) is 2.96. The summed E-state index contributed by atoms with van der Waals surface area (Å²) in [5.41, 5.74) is 3.58. The van der Waals surface area contributed by atoms with Gasteiger partial charge in [0.15, 0.2) is 11.5 Å². The Bertz CT molecular complexity index is 898. The van der Waals surface area contributed by atoms with Crippen LogP contribution in [0, 0.1) is 13.8 Å². The lowest BCUT2D eigenvalue weighted by molar-refractivity contribution is -0.120. The molecule has 2 aromatic rings. The molecule has 2 amide bonds. The van der Waals surface area contributed by atoms with E-state index in [0.717, 1.165) is 16.8 Å². The zero-order valence-electron chi connectivity index (χ0n) is 15.9. The lowest BCUT2D eigenvalue weighted by atomic mass is 10.1. The number of rotatable bonds is 6. The molecular formula is C21H23ClN2O4. The standard InChI is InChI=1S/C21H23ClN2O4/c1-13-3-4-17(14(2)9-13)24-20(25)5-6-23-21(26)11-15-10-18-19(12-16(15)22)28-8-7-27-18/h3-4,9-10,12H,5-8,11H2,1-2H3,(H,23,26)(H,24,25). The third-order valence-electron chi connectivity index (χ3n) is 4.39. The molecule has 0 aromatic heterocycles. The molecule has 0 aliphatic carbocycles. The van der Waals surface area contributed by atoms with Gasteiger partial charge in [0.25, 0.3) is 0 Å². The van der Waals surface area contributed by atoms with Gasteiger partial charge in [-0.05, 0) is 37.1 Å². The Hall–Kier alpha value is -2.73. The van der Waals surface area contributed by atoms with Crippen LogP contribution in [0.25, 0.3) is 0 Å². The molecule has 1 heterocycles. The van der Waals surface area contributed by atoms with Gasteiger partial charge in [-0.3, -0.25) is 9.59 Å². The number of aryl methyl sites for hydroxylation is 2. The second-order valence-electron chi connectivity index (χ2n) is 6.73. The predicted octanol–water partition coefficient (Wildman–Crippen LogP) is 3.42. The highest BCUT2D eigenvalue weighted by molar-refractivity contribution is 6.31. The van der Waals surface area contributed by atoms with Gasteiger partial charge in [-0.2, -0.15) is 0 Å². The number of nitrogens with one attached hydrogen (secondary N) is 2. The second kappa shape index (κ2) is 8.97. The first-order valence-electron chi connectivity index (χ1n) is 9.14. The minimum atomic E-state index is -0.210. The molecule has 0 fully saturated rings. The van der Waals surface area contributed by atoms with Crippen molar-refractivity contribution in [2.75, 3.05) is 25.1 Å². The number of carbonyl (C=O) groups excluding carboxylic acids is 2. The molecule has 148 valence electrons. The minimum Gasteiger partial charge on any atom is -0.486 e. The Morgan fingerprint density at radius 3 is 2.46 bits per heavy atom. The normalized spacial score (nSPS) is 12.4. The summed E-state index contributed by atoms with van der Waals surface area (Å²) in [6.45, 7) is 5.14. The fourth-order valence-corrected chi connectivity index (χ4v) is 3.18. The summed E-state index contributed by atoms with van der Waals surface area (Å²) in [7, 11) is 0. The zero-order chi connectivity index (χ0) is 20.1. The average molecular weight is 403 g/mol. The quantitative estimate of drug-likeness (QED) is 0.776. The van der Waals surface area contributed by atoms with Crippen LogP contribution in [-0.2, 0) is 16.0 Å². The minimum absolute atomic E-state index is 0.105. The van der Waals surface area contributed by atoms with E-state index < -0.39 is 0 Å². The Kier molecular flexibility index (Phi) is 6.41. The van der Waals surface area contributed by atoms with Gasteiger partial charge in [0.1, 0.15) is 13.2 Å². The number of halogens is 1. The van der Waals surface area contributed by atoms with E-state index in [2.05, 4.69) is 10.6 Å². The van der Waals surface area contributed by atoms with E-state index in [9.17, 15) is 9.59 Å². The third kappa shape index (κ3) is 5.16. The lowest BCUT2D eigenvalue weighted by Gasteiger charge is -2.19. The summed E-state index contributed by atoms with van der Waals surface area (Å²) in [6.07, 6.45) is 0.294. The molecule has 0 saturated heterocycles. The molecule has 28 heavy (non-hydrogen) atoms. The monoisotopic (exact) mass is 402 g/mol. The van der Waals surface area contributed by atoms with Crippen molar-refractivity contribution in [1.29, 1.82) is 0 Å². The number of hydrogen-bond donors (Lipinski definition) is 2. The number of ether oxygens (including phenoxy) is 2. The zero-order valence-corrected chi connectivity index (χ0v) is 16.7. The largest absolute Gasteiger partial charge is 0.486 e. The van der Waals surface area contributed by atoms with Crippen molar-refractivity contribution in [2.45, 2.75) is 26.7 Å². The molecule has 0 radical (unpaired) electrons. The molecule has 2 aromatic carbocycles. The van der Waals surface area contributed by atoms with E-state index in [0.29, 0.717) is 35.3 Å². The lowest BCUT2D eigenvalue weighted by Crippen LogP contribution is -2.29. The maximum absolute atomic E-state index is 12.2. The highest BCUT2D eigenvalue weighted by Gasteiger charge is 2.17. The molecule has 0 unspecified atom stereocenters. The van der Waals surface area contributed by atoms with Crippen LogP contribution in [0.15, 0.2) is 30.3 Å². The van der Waals surface area contributed by atoms with Gasteiger partial charge in [-0.25, -0.2) is 0 Å². The molecule has 0 atom stereocenters. The smallest absolute Gasteiger partial charge is 0.226 e. The summed E-state index contributed by atoms with van der Waals surface area (Å²) in [5, 5.41) is 6.06. The van der Waals surface area contributed by atoms with Gasteiger partial charge in [0, 0.05) is 29.7 Å². The molecule has 3 rings (SSSR count). The van der Waals surface area contributed by atoms with Crippen LogP contribution < -0.4 is 20.1 Å². The average Bonchev–Trinajstić information content (AvgIpc) is 2.64.